The molecular formula is C14H20BrNO. The summed E-state index contributed by atoms with van der Waals surface area (Å²) >= 11 is 3.50. The number of rotatable bonds is 1. The fraction of sp³-hybridized carbons (Fsp3) is 0.571. The topological polar surface area (TPSA) is 32.3 Å². The third-order valence-corrected chi connectivity index (χ3v) is 4.89. The molecule has 0 aromatic heterocycles. The molecule has 1 aliphatic rings. The summed E-state index contributed by atoms with van der Waals surface area (Å²) in [5.41, 5.74) is 4.75. The summed E-state index contributed by atoms with van der Waals surface area (Å²) in [6, 6.07) is 0.444. The zero-order valence-corrected chi connectivity index (χ0v) is 12.3. The summed E-state index contributed by atoms with van der Waals surface area (Å²) in [6.07, 6.45) is 3.75. The van der Waals surface area contributed by atoms with Gasteiger partial charge in [-0.1, -0.05) is 6.42 Å². The van der Waals surface area contributed by atoms with E-state index in [0.717, 1.165) is 16.6 Å². The Labute approximate surface area is 112 Å². The highest BCUT2D eigenvalue weighted by Gasteiger charge is 2.23. The van der Waals surface area contributed by atoms with Crippen LogP contribution in [-0.4, -0.2) is 11.7 Å². The molecular weight excluding hydrogens is 278 g/mol. The lowest BCUT2D eigenvalue weighted by Crippen LogP contribution is -2.28. The lowest BCUT2D eigenvalue weighted by molar-refractivity contribution is 0.407. The molecule has 1 unspecified atom stereocenters. The average Bonchev–Trinajstić information content (AvgIpc) is 2.36. The van der Waals surface area contributed by atoms with Crippen molar-refractivity contribution in [1.29, 1.82) is 0 Å². The highest BCUT2D eigenvalue weighted by molar-refractivity contribution is 9.10. The zero-order valence-electron chi connectivity index (χ0n) is 10.7. The molecule has 0 spiro atoms. The van der Waals surface area contributed by atoms with Gasteiger partial charge in [0.1, 0.15) is 5.75 Å². The van der Waals surface area contributed by atoms with E-state index in [2.05, 4.69) is 35.1 Å². The van der Waals surface area contributed by atoms with Crippen LogP contribution in [0.3, 0.4) is 0 Å². The largest absolute Gasteiger partial charge is 0.506 e. The Bertz CT molecular complexity index is 407. The Morgan fingerprint density at radius 1 is 1.12 bits per heavy atom. The summed E-state index contributed by atoms with van der Waals surface area (Å²) in [5, 5.41) is 13.6. The Balaban J connectivity index is 2.52. The fourth-order valence-corrected chi connectivity index (χ4v) is 3.25. The second-order valence-electron chi connectivity index (χ2n) is 4.95. The maximum Gasteiger partial charge on any atom is 0.133 e. The van der Waals surface area contributed by atoms with Crippen LogP contribution in [0.1, 0.15) is 47.6 Å². The van der Waals surface area contributed by atoms with Crippen LogP contribution in [0.15, 0.2) is 4.47 Å². The lowest BCUT2D eigenvalue weighted by atomic mass is 9.88. The zero-order chi connectivity index (χ0) is 12.6. The van der Waals surface area contributed by atoms with Gasteiger partial charge in [-0.05, 0) is 78.3 Å². The Morgan fingerprint density at radius 2 is 1.82 bits per heavy atom. The molecule has 1 atom stereocenters. The van der Waals surface area contributed by atoms with E-state index in [0.29, 0.717) is 11.8 Å². The van der Waals surface area contributed by atoms with Crippen LogP contribution in [0.4, 0.5) is 0 Å². The fourth-order valence-electron chi connectivity index (χ4n) is 2.74. The molecule has 1 fully saturated rings. The van der Waals surface area contributed by atoms with Gasteiger partial charge in [-0.25, -0.2) is 0 Å². The number of piperidine rings is 1. The number of phenolic OH excluding ortho intramolecular Hbond substituents is 1. The minimum absolute atomic E-state index is 0.388. The number of benzene rings is 1. The minimum atomic E-state index is 0.388. The first-order valence-corrected chi connectivity index (χ1v) is 7.04. The minimum Gasteiger partial charge on any atom is -0.506 e. The van der Waals surface area contributed by atoms with E-state index in [1.807, 2.05) is 6.92 Å². The summed E-state index contributed by atoms with van der Waals surface area (Å²) in [7, 11) is 0. The summed E-state index contributed by atoms with van der Waals surface area (Å²) < 4.78 is 0.850. The summed E-state index contributed by atoms with van der Waals surface area (Å²) in [4.78, 5) is 0. The van der Waals surface area contributed by atoms with Crippen LogP contribution < -0.4 is 5.32 Å². The van der Waals surface area contributed by atoms with Gasteiger partial charge >= 0.3 is 0 Å². The predicted octanol–water partition coefficient (Wildman–Crippen LogP) is 3.89. The van der Waals surface area contributed by atoms with Crippen molar-refractivity contribution in [2.45, 2.75) is 46.1 Å². The summed E-state index contributed by atoms with van der Waals surface area (Å²) in [6.45, 7) is 7.28. The van der Waals surface area contributed by atoms with Gasteiger partial charge in [0.2, 0.25) is 0 Å². The van der Waals surface area contributed by atoms with Crippen LogP contribution in [0.5, 0.6) is 5.75 Å². The third-order valence-electron chi connectivity index (χ3n) is 3.92. The normalized spacial score (nSPS) is 20.6. The molecule has 17 heavy (non-hydrogen) atoms. The van der Waals surface area contributed by atoms with E-state index in [1.54, 1.807) is 0 Å². The Kier molecular flexibility index (Phi) is 3.79. The number of phenols is 1. The van der Waals surface area contributed by atoms with Crippen LogP contribution in [-0.2, 0) is 0 Å². The van der Waals surface area contributed by atoms with Crippen molar-refractivity contribution in [1.82, 2.24) is 5.32 Å². The monoisotopic (exact) mass is 297 g/mol. The molecule has 1 aromatic rings. The molecule has 2 nitrogen and oxygen atoms in total. The van der Waals surface area contributed by atoms with Crippen molar-refractivity contribution in [2.75, 3.05) is 6.54 Å². The first kappa shape index (κ1) is 12.9. The highest BCUT2D eigenvalue weighted by atomic mass is 79.9. The van der Waals surface area contributed by atoms with Gasteiger partial charge in [0, 0.05) is 6.04 Å². The van der Waals surface area contributed by atoms with Gasteiger partial charge < -0.3 is 10.4 Å². The predicted molar refractivity (Wildman–Crippen MR) is 74.6 cm³/mol. The number of aromatic hydroxyl groups is 1. The van der Waals surface area contributed by atoms with Crippen molar-refractivity contribution in [3.05, 3.63) is 26.7 Å². The number of nitrogens with one attached hydrogen (secondary N) is 1. The van der Waals surface area contributed by atoms with E-state index in [-0.39, 0.29) is 0 Å². The lowest BCUT2D eigenvalue weighted by Gasteiger charge is -2.28. The highest BCUT2D eigenvalue weighted by Crippen LogP contribution is 2.40. The van der Waals surface area contributed by atoms with E-state index in [1.165, 1.54) is 36.0 Å². The van der Waals surface area contributed by atoms with Crippen LogP contribution in [0.25, 0.3) is 0 Å². The third kappa shape index (κ3) is 2.23. The SMILES string of the molecule is Cc1c(C)c(C2CCCCN2)c(C)c(Br)c1O. The maximum atomic E-state index is 10.0. The molecule has 0 saturated carbocycles. The van der Waals surface area contributed by atoms with Crippen LogP contribution in [0.2, 0.25) is 0 Å². The average molecular weight is 298 g/mol. The van der Waals surface area contributed by atoms with E-state index >= 15 is 0 Å². The molecule has 1 heterocycles. The van der Waals surface area contributed by atoms with Gasteiger partial charge in [-0.2, -0.15) is 0 Å². The number of halogens is 1. The van der Waals surface area contributed by atoms with E-state index < -0.39 is 0 Å². The molecule has 2 N–H and O–H groups in total. The Hall–Kier alpha value is -0.540. The number of hydrogen-bond acceptors (Lipinski definition) is 2. The number of hydrogen-bond donors (Lipinski definition) is 2. The van der Waals surface area contributed by atoms with Gasteiger partial charge in [-0.15, -0.1) is 0 Å². The molecule has 0 amide bonds. The maximum absolute atomic E-state index is 10.0. The van der Waals surface area contributed by atoms with E-state index in [9.17, 15) is 5.11 Å². The second-order valence-corrected chi connectivity index (χ2v) is 5.75. The molecule has 0 bridgehead atoms. The van der Waals surface area contributed by atoms with Gasteiger partial charge in [0.05, 0.1) is 4.47 Å². The van der Waals surface area contributed by atoms with Gasteiger partial charge in [0.15, 0.2) is 0 Å². The summed E-state index contributed by atoms with van der Waals surface area (Å²) in [5.74, 6) is 0.388. The molecule has 1 saturated heterocycles. The van der Waals surface area contributed by atoms with Crippen LogP contribution >= 0.6 is 15.9 Å². The molecule has 94 valence electrons. The second kappa shape index (κ2) is 4.99. The Morgan fingerprint density at radius 3 is 2.41 bits per heavy atom. The first-order chi connectivity index (χ1) is 8.04. The van der Waals surface area contributed by atoms with E-state index in [4.69, 9.17) is 0 Å². The first-order valence-electron chi connectivity index (χ1n) is 6.25. The van der Waals surface area contributed by atoms with Crippen LogP contribution in [0, 0.1) is 20.8 Å². The molecule has 0 radical (unpaired) electrons. The van der Waals surface area contributed by atoms with Gasteiger partial charge in [-0.3, -0.25) is 0 Å². The molecule has 1 aromatic carbocycles. The quantitative estimate of drug-likeness (QED) is 0.824. The van der Waals surface area contributed by atoms with Crippen molar-refractivity contribution in [2.24, 2.45) is 0 Å². The van der Waals surface area contributed by atoms with Crippen molar-refractivity contribution < 1.29 is 5.11 Å². The molecule has 2 rings (SSSR count). The molecule has 3 heteroatoms. The smallest absolute Gasteiger partial charge is 0.133 e. The van der Waals surface area contributed by atoms with Gasteiger partial charge in [0.25, 0.3) is 0 Å². The van der Waals surface area contributed by atoms with Crippen molar-refractivity contribution in [3.8, 4) is 5.75 Å². The van der Waals surface area contributed by atoms with Crippen molar-refractivity contribution >= 4 is 15.9 Å². The molecule has 1 aliphatic heterocycles. The standard InChI is InChI=1S/C14H20BrNO/c1-8-9(2)14(17)13(15)10(3)12(8)11-6-4-5-7-16-11/h11,16-17H,4-7H2,1-3H3. The van der Waals surface area contributed by atoms with Crippen molar-refractivity contribution in [3.63, 3.8) is 0 Å². The molecule has 0 aliphatic carbocycles.